The second-order valence-corrected chi connectivity index (χ2v) is 4.86. The molecule has 0 bridgehead atoms. The van der Waals surface area contributed by atoms with Gasteiger partial charge in [-0.15, -0.1) is 0 Å². The van der Waals surface area contributed by atoms with Gasteiger partial charge in [-0.2, -0.15) is 0 Å². The predicted octanol–water partition coefficient (Wildman–Crippen LogP) is 3.14. The van der Waals surface area contributed by atoms with Crippen molar-refractivity contribution < 1.29 is 4.74 Å². The van der Waals surface area contributed by atoms with Gasteiger partial charge in [0.2, 0.25) is 0 Å². The average Bonchev–Trinajstić information content (AvgIpc) is 2.15. The Bertz CT molecular complexity index is 315. The molecule has 84 valence electrons. The molecule has 0 unspecified atom stereocenters. The van der Waals surface area contributed by atoms with Crippen LogP contribution in [0.5, 0.6) is 5.75 Å². The van der Waals surface area contributed by atoms with Crippen LogP contribution in [-0.2, 0) is 0 Å². The molecule has 0 saturated carbocycles. The van der Waals surface area contributed by atoms with Gasteiger partial charge in [-0.1, -0.05) is 18.2 Å². The van der Waals surface area contributed by atoms with E-state index in [1.165, 1.54) is 5.56 Å². The highest BCUT2D eigenvalue weighted by Gasteiger charge is 2.17. The van der Waals surface area contributed by atoms with Crippen LogP contribution in [-0.4, -0.2) is 12.6 Å². The molecule has 1 atom stereocenters. The fraction of sp³-hybridized carbons (Fsp3) is 0.538. The van der Waals surface area contributed by atoms with Gasteiger partial charge < -0.3 is 10.1 Å². The first-order valence-corrected chi connectivity index (χ1v) is 5.34. The molecule has 15 heavy (non-hydrogen) atoms. The van der Waals surface area contributed by atoms with Crippen LogP contribution >= 0.6 is 0 Å². The fourth-order valence-corrected chi connectivity index (χ4v) is 1.75. The number of hydrogen-bond donors (Lipinski definition) is 1. The van der Waals surface area contributed by atoms with Crippen molar-refractivity contribution in [3.63, 3.8) is 0 Å². The smallest absolute Gasteiger partial charge is 0.123 e. The number of para-hydroxylation sites is 1. The highest BCUT2D eigenvalue weighted by atomic mass is 16.5. The van der Waals surface area contributed by atoms with Crippen molar-refractivity contribution in [1.29, 1.82) is 0 Å². The van der Waals surface area contributed by atoms with E-state index in [1.54, 1.807) is 7.11 Å². The number of nitrogens with one attached hydrogen (secondary N) is 1. The Morgan fingerprint density at radius 3 is 2.33 bits per heavy atom. The summed E-state index contributed by atoms with van der Waals surface area (Å²) >= 11 is 0. The van der Waals surface area contributed by atoms with Crippen molar-refractivity contribution in [2.75, 3.05) is 7.11 Å². The lowest BCUT2D eigenvalue weighted by Crippen LogP contribution is -2.37. The summed E-state index contributed by atoms with van der Waals surface area (Å²) < 4.78 is 5.34. The Labute approximate surface area is 92.6 Å². The van der Waals surface area contributed by atoms with Crippen molar-refractivity contribution >= 4 is 0 Å². The first-order chi connectivity index (χ1) is 6.94. The standard InChI is InChI=1S/C13H21NO/c1-10(14-13(2,3)4)11-8-6-7-9-12(11)15-5/h6-10,14H,1-5H3/t10-/m0/s1. The molecule has 0 fully saturated rings. The summed E-state index contributed by atoms with van der Waals surface area (Å²) in [7, 11) is 1.71. The Kier molecular flexibility index (Phi) is 3.75. The molecular formula is C13H21NO. The lowest BCUT2D eigenvalue weighted by atomic mass is 10.0. The van der Waals surface area contributed by atoms with Gasteiger partial charge in [0.25, 0.3) is 0 Å². The zero-order valence-corrected chi connectivity index (χ0v) is 10.3. The van der Waals surface area contributed by atoms with Gasteiger partial charge >= 0.3 is 0 Å². The number of rotatable bonds is 3. The van der Waals surface area contributed by atoms with E-state index in [4.69, 9.17) is 4.74 Å². The molecule has 0 aliphatic rings. The van der Waals surface area contributed by atoms with E-state index in [0.29, 0.717) is 6.04 Å². The van der Waals surface area contributed by atoms with Crippen LogP contribution in [0, 0.1) is 0 Å². The minimum Gasteiger partial charge on any atom is -0.496 e. The van der Waals surface area contributed by atoms with Gasteiger partial charge in [0.15, 0.2) is 0 Å². The molecule has 0 aliphatic carbocycles. The van der Waals surface area contributed by atoms with E-state index < -0.39 is 0 Å². The maximum Gasteiger partial charge on any atom is 0.123 e. The van der Waals surface area contributed by atoms with Crippen molar-refractivity contribution in [3.8, 4) is 5.75 Å². The zero-order valence-electron chi connectivity index (χ0n) is 10.3. The van der Waals surface area contributed by atoms with Gasteiger partial charge in [-0.3, -0.25) is 0 Å². The molecule has 1 aromatic carbocycles. The number of benzene rings is 1. The second kappa shape index (κ2) is 4.67. The minimum atomic E-state index is 0.111. The highest BCUT2D eigenvalue weighted by Crippen LogP contribution is 2.25. The number of methoxy groups -OCH3 is 1. The summed E-state index contributed by atoms with van der Waals surface area (Å²) in [6.45, 7) is 8.65. The lowest BCUT2D eigenvalue weighted by Gasteiger charge is -2.27. The van der Waals surface area contributed by atoms with Crippen molar-refractivity contribution in [2.45, 2.75) is 39.3 Å². The van der Waals surface area contributed by atoms with Crippen LogP contribution in [0.2, 0.25) is 0 Å². The van der Waals surface area contributed by atoms with Gasteiger partial charge in [-0.05, 0) is 33.8 Å². The van der Waals surface area contributed by atoms with Crippen LogP contribution in [0.4, 0.5) is 0 Å². The molecule has 2 nitrogen and oxygen atoms in total. The Hall–Kier alpha value is -1.02. The highest BCUT2D eigenvalue weighted by molar-refractivity contribution is 5.35. The summed E-state index contributed by atoms with van der Waals surface area (Å²) in [5.74, 6) is 0.946. The third-order valence-electron chi connectivity index (χ3n) is 2.25. The van der Waals surface area contributed by atoms with E-state index in [9.17, 15) is 0 Å². The van der Waals surface area contributed by atoms with Gasteiger partial charge in [0, 0.05) is 17.1 Å². The lowest BCUT2D eigenvalue weighted by molar-refractivity contribution is 0.360. The van der Waals surface area contributed by atoms with E-state index in [-0.39, 0.29) is 5.54 Å². The summed E-state index contributed by atoms with van der Waals surface area (Å²) in [6, 6.07) is 8.42. The monoisotopic (exact) mass is 207 g/mol. The molecule has 1 N–H and O–H groups in total. The maximum atomic E-state index is 5.34. The van der Waals surface area contributed by atoms with Gasteiger partial charge in [0.1, 0.15) is 5.75 Å². The van der Waals surface area contributed by atoms with Crippen LogP contribution in [0.25, 0.3) is 0 Å². The molecule has 0 spiro atoms. The third kappa shape index (κ3) is 3.56. The predicted molar refractivity (Wildman–Crippen MR) is 64.3 cm³/mol. The molecule has 0 heterocycles. The summed E-state index contributed by atoms with van der Waals surface area (Å²) in [6.07, 6.45) is 0. The minimum absolute atomic E-state index is 0.111. The molecule has 2 heteroatoms. The zero-order chi connectivity index (χ0) is 11.5. The molecule has 0 amide bonds. The van der Waals surface area contributed by atoms with Gasteiger partial charge in [0.05, 0.1) is 7.11 Å². The summed E-state index contributed by atoms with van der Waals surface area (Å²) in [4.78, 5) is 0. The van der Waals surface area contributed by atoms with Crippen LogP contribution < -0.4 is 10.1 Å². The Morgan fingerprint density at radius 2 is 1.80 bits per heavy atom. The van der Waals surface area contributed by atoms with Crippen LogP contribution in [0.1, 0.15) is 39.3 Å². The third-order valence-corrected chi connectivity index (χ3v) is 2.25. The maximum absolute atomic E-state index is 5.34. The fourth-order valence-electron chi connectivity index (χ4n) is 1.75. The first-order valence-electron chi connectivity index (χ1n) is 5.34. The molecule has 0 aromatic heterocycles. The van der Waals surface area contributed by atoms with Crippen LogP contribution in [0.15, 0.2) is 24.3 Å². The number of ether oxygens (including phenoxy) is 1. The summed E-state index contributed by atoms with van der Waals surface area (Å²) in [5, 5.41) is 3.53. The number of hydrogen-bond acceptors (Lipinski definition) is 2. The molecule has 0 aliphatic heterocycles. The quantitative estimate of drug-likeness (QED) is 0.822. The molecular weight excluding hydrogens is 186 g/mol. The normalized spacial score (nSPS) is 13.7. The topological polar surface area (TPSA) is 21.3 Å². The van der Waals surface area contributed by atoms with Crippen molar-refractivity contribution in [2.24, 2.45) is 0 Å². The van der Waals surface area contributed by atoms with E-state index >= 15 is 0 Å². The van der Waals surface area contributed by atoms with E-state index in [1.807, 2.05) is 18.2 Å². The molecule has 0 radical (unpaired) electrons. The van der Waals surface area contributed by atoms with Crippen LogP contribution in [0.3, 0.4) is 0 Å². The van der Waals surface area contributed by atoms with Crippen molar-refractivity contribution in [1.82, 2.24) is 5.32 Å². The summed E-state index contributed by atoms with van der Waals surface area (Å²) in [5.41, 5.74) is 1.32. The first kappa shape index (κ1) is 12.1. The molecule has 1 rings (SSSR count). The van der Waals surface area contributed by atoms with E-state index in [2.05, 4.69) is 39.1 Å². The largest absolute Gasteiger partial charge is 0.496 e. The Morgan fingerprint density at radius 1 is 1.20 bits per heavy atom. The second-order valence-electron chi connectivity index (χ2n) is 4.86. The van der Waals surface area contributed by atoms with Crippen molar-refractivity contribution in [3.05, 3.63) is 29.8 Å². The van der Waals surface area contributed by atoms with E-state index in [0.717, 1.165) is 5.75 Å². The SMILES string of the molecule is COc1ccccc1[C@H](C)NC(C)(C)C. The molecule has 0 saturated heterocycles. The average molecular weight is 207 g/mol. The molecule has 1 aromatic rings. The van der Waals surface area contributed by atoms with Gasteiger partial charge in [-0.25, -0.2) is 0 Å². The Balaban J connectivity index is 2.86.